The summed E-state index contributed by atoms with van der Waals surface area (Å²) in [5, 5.41) is 11.5. The molecule has 1 unspecified atom stereocenters. The van der Waals surface area contributed by atoms with Crippen molar-refractivity contribution in [1.29, 1.82) is 0 Å². The number of nitrogens with one attached hydrogen (secondary N) is 1. The van der Waals surface area contributed by atoms with Crippen LogP contribution in [-0.4, -0.2) is 66.5 Å². The predicted molar refractivity (Wildman–Crippen MR) is 142 cm³/mol. The minimum absolute atomic E-state index is 0. The number of nitrogen functional groups attached to an aromatic ring is 1. The van der Waals surface area contributed by atoms with Gasteiger partial charge in [-0.2, -0.15) is 0 Å². The van der Waals surface area contributed by atoms with E-state index in [4.69, 9.17) is 15.0 Å². The first kappa shape index (κ1) is 35.3. The molecule has 2 aromatic rings. The maximum atomic E-state index is 14.1. The monoisotopic (exact) mass is 623 g/mol. The van der Waals surface area contributed by atoms with Crippen LogP contribution < -0.4 is 67.7 Å². The summed E-state index contributed by atoms with van der Waals surface area (Å²) in [6.07, 6.45) is -3.41. The number of hydrazine groups is 1. The Labute approximate surface area is 277 Å². The fourth-order valence-corrected chi connectivity index (χ4v) is 7.45. The molecule has 3 rings (SSSR count). The molecule has 0 bridgehead atoms. The van der Waals surface area contributed by atoms with Gasteiger partial charge in [-0.3, -0.25) is 9.53 Å². The summed E-state index contributed by atoms with van der Waals surface area (Å²) < 4.78 is 51.3. The number of carboxylic acid groups (broad SMARTS) is 1. The number of benzene rings is 2. The Kier molecular flexibility index (Phi) is 13.7. The van der Waals surface area contributed by atoms with Crippen LogP contribution in [0.2, 0.25) is 0 Å². The van der Waals surface area contributed by atoms with Crippen molar-refractivity contribution in [1.82, 2.24) is 10.4 Å². The Morgan fingerprint density at radius 2 is 1.82 bits per heavy atom. The number of nitrogens with two attached hydrogens (primary N) is 1. The van der Waals surface area contributed by atoms with Gasteiger partial charge in [-0.1, -0.05) is 44.2 Å². The Morgan fingerprint density at radius 1 is 1.20 bits per heavy atom. The molecule has 1 saturated heterocycles. The summed E-state index contributed by atoms with van der Waals surface area (Å²) in [4.78, 5) is 32.2. The van der Waals surface area contributed by atoms with E-state index < -0.39 is 47.1 Å². The molecule has 2 aromatic carbocycles. The van der Waals surface area contributed by atoms with E-state index in [1.54, 1.807) is 30.3 Å². The number of nitrogens with zero attached hydrogens (tertiary/aromatic N) is 1. The van der Waals surface area contributed by atoms with Gasteiger partial charge in [-0.15, -0.1) is 0 Å². The van der Waals surface area contributed by atoms with Crippen LogP contribution in [0, 0.1) is 11.8 Å². The number of hydrogen-bond donors (Lipinski definition) is 4. The predicted octanol–water partition coefficient (Wildman–Crippen LogP) is -1.65. The number of hydrogen-bond acceptors (Lipinski definition) is 9. The van der Waals surface area contributed by atoms with E-state index in [2.05, 4.69) is 5.43 Å². The molecule has 15 heteroatoms. The third kappa shape index (κ3) is 9.85. The summed E-state index contributed by atoms with van der Waals surface area (Å²) in [6.45, 7) is 4.02. The molecule has 4 atom stereocenters. The van der Waals surface area contributed by atoms with Gasteiger partial charge in [-0.05, 0) is 48.6 Å². The summed E-state index contributed by atoms with van der Waals surface area (Å²) in [5.74, 6) is -0.779. The van der Waals surface area contributed by atoms with Crippen LogP contribution in [0.25, 0.3) is 0 Å². The maximum absolute atomic E-state index is 14.1. The molecule has 1 aliphatic rings. The summed E-state index contributed by atoms with van der Waals surface area (Å²) >= 11 is 0. The number of rotatable bonds is 13. The van der Waals surface area contributed by atoms with Crippen molar-refractivity contribution in [3.8, 4) is 0 Å². The van der Waals surface area contributed by atoms with Crippen LogP contribution in [0.15, 0.2) is 59.5 Å². The van der Waals surface area contributed by atoms with Crippen LogP contribution >= 0.6 is 7.82 Å². The smallest absolute Gasteiger partial charge is 0.529 e. The van der Waals surface area contributed by atoms with Gasteiger partial charge in [-0.25, -0.2) is 18.4 Å². The number of ether oxygens (including phenoxy) is 1. The van der Waals surface area contributed by atoms with E-state index >= 15 is 0 Å². The number of phosphoric ester groups is 1. The van der Waals surface area contributed by atoms with Gasteiger partial charge in [0, 0.05) is 24.8 Å². The molecule has 0 aromatic heterocycles. The van der Waals surface area contributed by atoms with Crippen molar-refractivity contribution in [3.63, 3.8) is 0 Å². The molecule has 0 saturated carbocycles. The third-order valence-electron chi connectivity index (χ3n) is 6.44. The first-order valence-electron chi connectivity index (χ1n) is 12.5. The van der Waals surface area contributed by atoms with Crippen molar-refractivity contribution in [2.75, 3.05) is 25.5 Å². The minimum Gasteiger partial charge on any atom is -0.529 e. The number of sulfone groups is 1. The van der Waals surface area contributed by atoms with E-state index in [1.807, 2.05) is 13.8 Å². The van der Waals surface area contributed by atoms with Crippen LogP contribution in [0.1, 0.15) is 25.8 Å². The largest absolute Gasteiger partial charge is 1.00 e. The zero-order chi connectivity index (χ0) is 28.8. The molecule has 216 valence electrons. The molecule has 40 heavy (non-hydrogen) atoms. The molecule has 1 fully saturated rings. The van der Waals surface area contributed by atoms with Gasteiger partial charge in [0.25, 0.3) is 0 Å². The summed E-state index contributed by atoms with van der Waals surface area (Å²) in [6, 6.07) is 12.5. The number of amides is 1. The van der Waals surface area contributed by atoms with E-state index in [9.17, 15) is 32.7 Å². The normalized spacial score (nSPS) is 18.1. The number of carbonyl (C=O) groups is 1. The van der Waals surface area contributed by atoms with Crippen molar-refractivity contribution in [2.24, 2.45) is 11.8 Å². The standard InChI is InChI=1S/C25H36N3O9PS.K/c1-17(2)15-27-28(25(29)30)22(14-18-6-4-3-5-7-18)23(37-38(31,32)33)24(19-12-13-36-16-19)39(34,35)21-10-8-20(26)9-11-21;/h3-11,17,19,22-24,27H,12-16,26H2,1-2H3,(H,29,30)(H2,31,32,33);/q;+1/p-1/t19?,22-,23+,24-;/m0./s1. The first-order chi connectivity index (χ1) is 18.3. The number of anilines is 1. The van der Waals surface area contributed by atoms with Crippen LogP contribution in [0.5, 0.6) is 0 Å². The van der Waals surface area contributed by atoms with E-state index in [1.165, 1.54) is 24.3 Å². The SMILES string of the molecule is CC(C)CNN(C(=O)[O-])[C@@H](Cc1ccccc1)[C@@H](OP(=O)(O)O)[C@H](C1CCOC1)S(=O)(=O)c1ccc(N)cc1.[K+]. The van der Waals surface area contributed by atoms with Crippen LogP contribution in [-0.2, 0) is 30.1 Å². The molecular formula is C25H35KN3O9PS. The third-order valence-corrected chi connectivity index (χ3v) is 9.26. The second kappa shape index (κ2) is 15.6. The van der Waals surface area contributed by atoms with Gasteiger partial charge >= 0.3 is 59.2 Å². The van der Waals surface area contributed by atoms with Crippen molar-refractivity contribution >= 4 is 29.4 Å². The Balaban J connectivity index is 0.00000560. The molecule has 1 heterocycles. The van der Waals surface area contributed by atoms with Gasteiger partial charge < -0.3 is 30.2 Å². The molecule has 0 radical (unpaired) electrons. The Bertz CT molecular complexity index is 1240. The Hall–Kier alpha value is -0.874. The summed E-state index contributed by atoms with van der Waals surface area (Å²) in [5.41, 5.74) is 9.40. The first-order valence-corrected chi connectivity index (χ1v) is 15.6. The number of carbonyl (C=O) groups excluding carboxylic acids is 1. The molecule has 12 nitrogen and oxygen atoms in total. The molecule has 1 amide bonds. The maximum Gasteiger partial charge on any atom is 1.00 e. The van der Waals surface area contributed by atoms with Crippen molar-refractivity contribution in [2.45, 2.75) is 49.0 Å². The average molecular weight is 624 g/mol. The van der Waals surface area contributed by atoms with Crippen LogP contribution in [0.3, 0.4) is 0 Å². The second-order valence-corrected chi connectivity index (χ2v) is 13.2. The molecule has 0 aliphatic carbocycles. The number of phosphoric acid groups is 1. The molecular weight excluding hydrogens is 588 g/mol. The van der Waals surface area contributed by atoms with Gasteiger partial charge in [0.1, 0.15) is 6.10 Å². The van der Waals surface area contributed by atoms with Gasteiger partial charge in [0.2, 0.25) is 0 Å². The van der Waals surface area contributed by atoms with Crippen molar-refractivity contribution < 1.29 is 93.3 Å². The van der Waals surface area contributed by atoms with Crippen molar-refractivity contribution in [3.05, 3.63) is 60.2 Å². The van der Waals surface area contributed by atoms with E-state index in [0.29, 0.717) is 16.3 Å². The Morgan fingerprint density at radius 3 is 2.33 bits per heavy atom. The molecule has 0 spiro atoms. The van der Waals surface area contributed by atoms with E-state index in [-0.39, 0.29) is 94.8 Å². The fraction of sp³-hybridized carbons (Fsp3) is 0.480. The summed E-state index contributed by atoms with van der Waals surface area (Å²) in [7, 11) is -9.72. The average Bonchev–Trinajstić information content (AvgIpc) is 3.37. The topological polar surface area (TPSA) is 192 Å². The van der Waals surface area contributed by atoms with Crippen LogP contribution in [0.4, 0.5) is 10.5 Å². The molecule has 1 aliphatic heterocycles. The van der Waals surface area contributed by atoms with E-state index in [0.717, 1.165) is 0 Å². The zero-order valence-electron chi connectivity index (χ0n) is 22.8. The second-order valence-electron chi connectivity index (χ2n) is 9.91. The molecule has 5 N–H and O–H groups in total. The van der Waals surface area contributed by atoms with Gasteiger partial charge in [0.15, 0.2) is 15.9 Å². The fourth-order valence-electron chi connectivity index (χ4n) is 4.64. The minimum atomic E-state index is -5.34. The zero-order valence-corrected chi connectivity index (χ0v) is 27.6. The van der Waals surface area contributed by atoms with Gasteiger partial charge in [0.05, 0.1) is 22.8 Å². The quantitative estimate of drug-likeness (QED) is 0.0865.